The molecule has 0 aromatic heterocycles. The minimum absolute atomic E-state index is 0. The van der Waals surface area contributed by atoms with Crippen molar-refractivity contribution in [1.82, 2.24) is 0 Å². The second-order valence-corrected chi connectivity index (χ2v) is 92.6. The van der Waals surface area contributed by atoms with E-state index in [1.165, 1.54) is 0 Å². The van der Waals surface area contributed by atoms with E-state index in [-0.39, 0.29) is 24.8 Å². The maximum absolute atomic E-state index is 3.87. The first-order chi connectivity index (χ1) is 6.96. The third kappa shape index (κ3) is 2.72. The van der Waals surface area contributed by atoms with Crippen molar-refractivity contribution in [1.29, 1.82) is 0 Å². The summed E-state index contributed by atoms with van der Waals surface area (Å²) in [4.78, 5) is 0. The molecule has 0 atom stereocenters. The van der Waals surface area contributed by atoms with Gasteiger partial charge in [0.05, 0.1) is 0 Å². The van der Waals surface area contributed by atoms with E-state index in [9.17, 15) is 0 Å². The monoisotopic (exact) mass is 472 g/mol. The van der Waals surface area contributed by atoms with Gasteiger partial charge in [-0.25, -0.2) is 0 Å². The van der Waals surface area contributed by atoms with Crippen molar-refractivity contribution in [2.45, 2.75) is 31.6 Å². The molecule has 0 radical (unpaired) electrons. The molecular formula is C14H26Cl2HfSi. The number of hydrogen-bond acceptors (Lipinski definition) is 0. The van der Waals surface area contributed by atoms with Gasteiger partial charge in [-0.15, -0.1) is 24.8 Å². The van der Waals surface area contributed by atoms with E-state index < -0.39 is 14.2 Å². The Balaban J connectivity index is 0.00000144. The summed E-state index contributed by atoms with van der Waals surface area (Å²) in [7, 11) is 0. The molecule has 0 saturated heterocycles. The van der Waals surface area contributed by atoms with E-state index in [2.05, 4.69) is 62.1 Å². The Hall–Kier alpha value is 0.627. The summed E-state index contributed by atoms with van der Waals surface area (Å²) in [5, 5.41) is 0. The van der Waals surface area contributed by atoms with Gasteiger partial charge in [-0.3, -0.25) is 0 Å². The van der Waals surface area contributed by atoms with E-state index in [4.69, 9.17) is 0 Å². The molecule has 0 bridgehead atoms. The molecule has 0 amide bonds. The molecule has 2 aliphatic carbocycles. The van der Waals surface area contributed by atoms with Gasteiger partial charge < -0.3 is 0 Å². The van der Waals surface area contributed by atoms with Gasteiger partial charge in [0.15, 0.2) is 0 Å². The zero-order chi connectivity index (χ0) is 12.2. The Morgan fingerprint density at radius 2 is 1.17 bits per heavy atom. The zero-order valence-electron chi connectivity index (χ0n) is 11.9. The van der Waals surface area contributed by atoms with E-state index in [0.29, 0.717) is 0 Å². The van der Waals surface area contributed by atoms with E-state index in [1.807, 2.05) is 0 Å². The average molecular weight is 472 g/mol. The third-order valence-electron chi connectivity index (χ3n) is 4.89. The molecule has 2 rings (SSSR count). The SMILES string of the molecule is Cl.Cl.[CH3][Hf]([CH3])([CH3])([CH3])(=[SiH2])([C]1=CC=CC1)[C]1=CC=CC1. The van der Waals surface area contributed by atoms with Crippen molar-refractivity contribution in [2.75, 3.05) is 0 Å². The Labute approximate surface area is 120 Å². The van der Waals surface area contributed by atoms with Crippen LogP contribution in [0.1, 0.15) is 12.8 Å². The molecule has 104 valence electrons. The molecule has 0 N–H and O–H groups in total. The predicted molar refractivity (Wildman–Crippen MR) is 90.2 cm³/mol. The molecule has 2 aliphatic rings. The van der Waals surface area contributed by atoms with Gasteiger partial charge in [-0.05, 0) is 0 Å². The molecule has 0 aliphatic heterocycles. The van der Waals surface area contributed by atoms with Gasteiger partial charge in [0.2, 0.25) is 0 Å². The van der Waals surface area contributed by atoms with Crippen LogP contribution in [0.5, 0.6) is 0 Å². The van der Waals surface area contributed by atoms with Gasteiger partial charge >= 0.3 is 95.8 Å². The molecule has 0 fully saturated rings. The van der Waals surface area contributed by atoms with Gasteiger partial charge in [0.25, 0.3) is 0 Å². The molecule has 18 heavy (non-hydrogen) atoms. The van der Waals surface area contributed by atoms with Crippen molar-refractivity contribution in [2.24, 2.45) is 0 Å². The standard InChI is InChI=1S/2C5H5.4CH3.2ClH.Hf.H2Si/c2*1-2-4-5-3-1;;;;;;;;/h2*1-3H,4H2;4*1H3;2*1H;;1H2. The topological polar surface area (TPSA) is 0 Å². The number of halogens is 2. The Bertz CT molecular complexity index is 551. The number of hydrogen-bond donors (Lipinski definition) is 0. The Kier molecular flexibility index (Phi) is 3.97. The summed E-state index contributed by atoms with van der Waals surface area (Å²) in [6, 6.07) is 0. The third-order valence-corrected chi connectivity index (χ3v) is 39.0. The molecule has 0 spiro atoms. The van der Waals surface area contributed by atoms with E-state index in [1.54, 1.807) is 6.66 Å². The van der Waals surface area contributed by atoms with Crippen LogP contribution in [0.25, 0.3) is 0 Å². The fourth-order valence-electron chi connectivity index (χ4n) is 3.03. The van der Waals surface area contributed by atoms with Crippen LogP contribution in [-0.2, 0) is 14.2 Å². The second kappa shape index (κ2) is 3.84. The van der Waals surface area contributed by atoms with Crippen molar-refractivity contribution >= 4 is 31.8 Å². The molecule has 0 aromatic carbocycles. The fourth-order valence-corrected chi connectivity index (χ4v) is 24.2. The van der Waals surface area contributed by atoms with E-state index in [0.717, 1.165) is 12.8 Å². The molecule has 4 heteroatoms. The number of allylic oxidation sites excluding steroid dienone is 8. The molecule has 0 nitrogen and oxygen atoms in total. The summed E-state index contributed by atoms with van der Waals surface area (Å²) in [5.74, 6) is 0. The van der Waals surface area contributed by atoms with Crippen LogP contribution in [-0.4, -0.2) is 6.94 Å². The van der Waals surface area contributed by atoms with Crippen LogP contribution >= 0.6 is 24.8 Å². The second-order valence-electron chi connectivity index (χ2n) is 9.54. The molecule has 0 aromatic rings. The van der Waals surface area contributed by atoms with Crippen molar-refractivity contribution in [3.63, 3.8) is 0 Å². The van der Waals surface area contributed by atoms with Crippen molar-refractivity contribution in [3.8, 4) is 0 Å². The normalized spacial score (nSPS) is 23.7. The van der Waals surface area contributed by atoms with Gasteiger partial charge in [0.1, 0.15) is 0 Å². The maximum atomic E-state index is 2.60. The number of rotatable bonds is 2. The van der Waals surface area contributed by atoms with E-state index >= 15 is 0 Å². The van der Waals surface area contributed by atoms with Crippen molar-refractivity contribution in [3.05, 3.63) is 43.1 Å². The van der Waals surface area contributed by atoms with Crippen LogP contribution in [0.15, 0.2) is 43.1 Å². The van der Waals surface area contributed by atoms with Crippen LogP contribution in [0.3, 0.4) is 0 Å². The van der Waals surface area contributed by atoms with Crippen LogP contribution in [0.2, 0.25) is 18.7 Å². The quantitative estimate of drug-likeness (QED) is 0.496. The first-order valence-electron chi connectivity index (χ1n) is 6.29. The summed E-state index contributed by atoms with van der Waals surface area (Å²) in [6.07, 6.45) is 16.2. The van der Waals surface area contributed by atoms with Crippen LogP contribution in [0, 0.1) is 0 Å². The summed E-state index contributed by atoms with van der Waals surface area (Å²) in [5.41, 5.74) is 0. The van der Waals surface area contributed by atoms with Crippen molar-refractivity contribution < 1.29 is 14.2 Å². The van der Waals surface area contributed by atoms with Crippen LogP contribution < -0.4 is 0 Å². The fraction of sp³-hybridized carbons (Fsp3) is 0.429. The zero-order valence-corrected chi connectivity index (χ0v) is 18.5. The molecule has 0 heterocycles. The van der Waals surface area contributed by atoms with Gasteiger partial charge in [-0.2, -0.15) is 0 Å². The Morgan fingerprint density at radius 3 is 1.39 bits per heavy atom. The molecule has 0 unspecified atom stereocenters. The molecular weight excluding hydrogens is 446 g/mol. The Morgan fingerprint density at radius 1 is 0.833 bits per heavy atom. The predicted octanol–water partition coefficient (Wildman–Crippen LogP) is 5.02. The average Bonchev–Trinajstić information content (AvgIpc) is 2.76. The van der Waals surface area contributed by atoms with Crippen LogP contribution in [0.4, 0.5) is 0 Å². The molecule has 0 saturated carbocycles. The summed E-state index contributed by atoms with van der Waals surface area (Å²) in [6.45, 7) is 2.33. The minimum atomic E-state index is -3.87. The first kappa shape index (κ1) is 18.6. The summed E-state index contributed by atoms with van der Waals surface area (Å²) >= 11 is -3.87. The van der Waals surface area contributed by atoms with Gasteiger partial charge in [0, 0.05) is 0 Å². The van der Waals surface area contributed by atoms with Gasteiger partial charge in [-0.1, -0.05) is 0 Å². The first-order valence-corrected chi connectivity index (χ1v) is 32.6. The summed E-state index contributed by atoms with van der Waals surface area (Å²) < 4.78 is 13.8.